The van der Waals surface area contributed by atoms with Crippen molar-refractivity contribution >= 4 is 26.0 Å². The second-order valence-electron chi connectivity index (χ2n) is 3.05. The molecule has 1 aromatic carbocycles. The molecule has 1 rings (SSSR count). The second-order valence-corrected chi connectivity index (χ2v) is 5.70. The average molecular weight is 318 g/mol. The molecule has 0 radical (unpaired) electrons. The third-order valence-corrected chi connectivity index (χ3v) is 3.86. The number of ether oxygens (including phenoxy) is 1. The number of hydrogen-bond donors (Lipinski definition) is 1. The normalized spacial score (nSPS) is 10.5. The monoisotopic (exact) mass is 317 g/mol. The zero-order valence-electron chi connectivity index (χ0n) is 9.45. The maximum atomic E-state index is 12.0. The van der Waals surface area contributed by atoms with Gasteiger partial charge in [-0.3, -0.25) is 0 Å². The van der Waals surface area contributed by atoms with Gasteiger partial charge in [0.2, 0.25) is 10.0 Å². The molecule has 0 unspecified atom stereocenters. The van der Waals surface area contributed by atoms with Gasteiger partial charge in [0.15, 0.2) is 0 Å². The number of nitrogens with one attached hydrogen (secondary N) is 1. The Bertz CT molecular complexity index is 558. The molecule has 0 atom stereocenters. The number of benzene rings is 1. The molecule has 0 aliphatic rings. The van der Waals surface area contributed by atoms with E-state index in [4.69, 9.17) is 4.74 Å². The Labute approximate surface area is 110 Å². The lowest BCUT2D eigenvalue weighted by Gasteiger charge is -2.09. The maximum absolute atomic E-state index is 12.0. The highest BCUT2D eigenvalue weighted by atomic mass is 79.9. The van der Waals surface area contributed by atoms with Gasteiger partial charge in [-0.1, -0.05) is 21.9 Å². The molecule has 92 valence electrons. The standard InChI is InChI=1S/C11H12BrNO3S/c1-3-4-7-13-17(14,15)11-8-9(12)5-6-10(11)16-2/h5-6,8,13H,7H2,1-2H3. The summed E-state index contributed by atoms with van der Waals surface area (Å²) >= 11 is 3.22. The summed E-state index contributed by atoms with van der Waals surface area (Å²) in [5.74, 6) is 5.54. The van der Waals surface area contributed by atoms with Crippen LogP contribution in [0.3, 0.4) is 0 Å². The molecule has 0 aromatic heterocycles. The van der Waals surface area contributed by atoms with E-state index in [9.17, 15) is 8.42 Å². The van der Waals surface area contributed by atoms with Gasteiger partial charge >= 0.3 is 0 Å². The number of methoxy groups -OCH3 is 1. The minimum absolute atomic E-state index is 0.0779. The molecule has 1 N–H and O–H groups in total. The molecule has 0 saturated carbocycles. The van der Waals surface area contributed by atoms with E-state index in [2.05, 4.69) is 32.5 Å². The van der Waals surface area contributed by atoms with E-state index in [0.29, 0.717) is 10.2 Å². The van der Waals surface area contributed by atoms with Gasteiger partial charge in [-0.2, -0.15) is 4.72 Å². The first-order valence-electron chi connectivity index (χ1n) is 4.74. The molecule has 0 aliphatic heterocycles. The molecule has 0 bridgehead atoms. The molecule has 0 heterocycles. The van der Waals surface area contributed by atoms with E-state index in [1.54, 1.807) is 19.1 Å². The van der Waals surface area contributed by atoms with Crippen LogP contribution in [0.1, 0.15) is 6.92 Å². The summed E-state index contributed by atoms with van der Waals surface area (Å²) in [5, 5.41) is 0. The third kappa shape index (κ3) is 3.73. The van der Waals surface area contributed by atoms with Crippen LogP contribution in [0.5, 0.6) is 5.75 Å². The van der Waals surface area contributed by atoms with Crippen LogP contribution in [0.25, 0.3) is 0 Å². The van der Waals surface area contributed by atoms with Crippen LogP contribution in [0.2, 0.25) is 0 Å². The highest BCUT2D eigenvalue weighted by Gasteiger charge is 2.18. The molecule has 6 heteroatoms. The van der Waals surface area contributed by atoms with Crippen molar-refractivity contribution in [1.82, 2.24) is 4.72 Å². The van der Waals surface area contributed by atoms with E-state index in [-0.39, 0.29) is 11.4 Å². The summed E-state index contributed by atoms with van der Waals surface area (Å²) in [6, 6.07) is 4.79. The Balaban J connectivity index is 3.11. The summed E-state index contributed by atoms with van der Waals surface area (Å²) in [6.07, 6.45) is 0. The predicted molar refractivity (Wildman–Crippen MR) is 69.3 cm³/mol. The molecule has 0 amide bonds. The second kappa shape index (κ2) is 6.05. The van der Waals surface area contributed by atoms with Crippen LogP contribution in [0.4, 0.5) is 0 Å². The quantitative estimate of drug-likeness (QED) is 0.861. The summed E-state index contributed by atoms with van der Waals surface area (Å²) in [4.78, 5) is 0.0901. The topological polar surface area (TPSA) is 55.4 Å². The SMILES string of the molecule is CC#CCNS(=O)(=O)c1cc(Br)ccc1OC. The van der Waals surface area contributed by atoms with E-state index in [1.165, 1.54) is 13.2 Å². The van der Waals surface area contributed by atoms with Crippen LogP contribution in [-0.2, 0) is 10.0 Å². The number of sulfonamides is 1. The summed E-state index contributed by atoms with van der Waals surface area (Å²) in [6.45, 7) is 1.72. The summed E-state index contributed by atoms with van der Waals surface area (Å²) in [5.41, 5.74) is 0. The molecular weight excluding hydrogens is 306 g/mol. The molecule has 0 saturated heterocycles. The fourth-order valence-electron chi connectivity index (χ4n) is 1.16. The average Bonchev–Trinajstić information content (AvgIpc) is 2.29. The molecule has 4 nitrogen and oxygen atoms in total. The number of rotatable bonds is 4. The molecule has 1 aromatic rings. The highest BCUT2D eigenvalue weighted by Crippen LogP contribution is 2.26. The van der Waals surface area contributed by atoms with Gasteiger partial charge in [0, 0.05) is 4.47 Å². The van der Waals surface area contributed by atoms with E-state index >= 15 is 0 Å². The summed E-state index contributed by atoms with van der Waals surface area (Å²) in [7, 11) is -2.18. The van der Waals surface area contributed by atoms with Crippen molar-refractivity contribution in [2.45, 2.75) is 11.8 Å². The summed E-state index contributed by atoms with van der Waals surface area (Å²) < 4.78 is 32.0. The minimum atomic E-state index is -3.61. The molecule has 17 heavy (non-hydrogen) atoms. The van der Waals surface area contributed by atoms with Crippen molar-refractivity contribution in [3.05, 3.63) is 22.7 Å². The smallest absolute Gasteiger partial charge is 0.245 e. The molecule has 0 spiro atoms. The maximum Gasteiger partial charge on any atom is 0.245 e. The Hall–Kier alpha value is -1.03. The molecule has 0 fully saturated rings. The minimum Gasteiger partial charge on any atom is -0.495 e. The fraction of sp³-hybridized carbons (Fsp3) is 0.273. The first-order chi connectivity index (χ1) is 8.01. The van der Waals surface area contributed by atoms with Crippen LogP contribution >= 0.6 is 15.9 Å². The lowest BCUT2D eigenvalue weighted by molar-refractivity contribution is 0.402. The Morgan fingerprint density at radius 1 is 1.47 bits per heavy atom. The third-order valence-electron chi connectivity index (χ3n) is 1.94. The molecular formula is C11H12BrNO3S. The van der Waals surface area contributed by atoms with Gasteiger partial charge < -0.3 is 4.74 Å². The van der Waals surface area contributed by atoms with Gasteiger partial charge in [-0.25, -0.2) is 8.42 Å². The number of hydrogen-bond acceptors (Lipinski definition) is 3. The van der Waals surface area contributed by atoms with E-state index < -0.39 is 10.0 Å². The molecule has 0 aliphatic carbocycles. The first kappa shape index (κ1) is 14.0. The van der Waals surface area contributed by atoms with Crippen LogP contribution < -0.4 is 9.46 Å². The first-order valence-corrected chi connectivity index (χ1v) is 7.01. The zero-order valence-corrected chi connectivity index (χ0v) is 11.9. The van der Waals surface area contributed by atoms with Crippen molar-refractivity contribution in [3.8, 4) is 17.6 Å². The van der Waals surface area contributed by atoms with Gasteiger partial charge in [0.05, 0.1) is 13.7 Å². The largest absolute Gasteiger partial charge is 0.495 e. The Morgan fingerprint density at radius 3 is 2.76 bits per heavy atom. The number of halogens is 1. The van der Waals surface area contributed by atoms with Crippen molar-refractivity contribution in [2.24, 2.45) is 0 Å². The van der Waals surface area contributed by atoms with Crippen molar-refractivity contribution < 1.29 is 13.2 Å². The lowest BCUT2D eigenvalue weighted by atomic mass is 10.3. The van der Waals surface area contributed by atoms with Crippen LogP contribution in [0, 0.1) is 11.8 Å². The van der Waals surface area contributed by atoms with Crippen LogP contribution in [-0.4, -0.2) is 22.1 Å². The van der Waals surface area contributed by atoms with Crippen LogP contribution in [0.15, 0.2) is 27.6 Å². The Morgan fingerprint density at radius 2 is 2.18 bits per heavy atom. The van der Waals surface area contributed by atoms with Gasteiger partial charge in [-0.05, 0) is 25.1 Å². The van der Waals surface area contributed by atoms with Gasteiger partial charge in [0.25, 0.3) is 0 Å². The van der Waals surface area contributed by atoms with Crippen molar-refractivity contribution in [2.75, 3.05) is 13.7 Å². The fourth-order valence-corrected chi connectivity index (χ4v) is 2.79. The van der Waals surface area contributed by atoms with Gasteiger partial charge in [0.1, 0.15) is 10.6 Å². The Kier molecular flexibility index (Phi) is 5.00. The predicted octanol–water partition coefficient (Wildman–Crippen LogP) is 1.76. The lowest BCUT2D eigenvalue weighted by Crippen LogP contribution is -2.24. The van der Waals surface area contributed by atoms with Gasteiger partial charge in [-0.15, -0.1) is 5.92 Å². The highest BCUT2D eigenvalue weighted by molar-refractivity contribution is 9.10. The van der Waals surface area contributed by atoms with Crippen molar-refractivity contribution in [1.29, 1.82) is 0 Å². The van der Waals surface area contributed by atoms with E-state index in [1.807, 2.05) is 0 Å². The van der Waals surface area contributed by atoms with Crippen molar-refractivity contribution in [3.63, 3.8) is 0 Å². The zero-order chi connectivity index (χ0) is 12.9. The van der Waals surface area contributed by atoms with E-state index in [0.717, 1.165) is 0 Å².